The summed E-state index contributed by atoms with van der Waals surface area (Å²) in [6.07, 6.45) is 0. The van der Waals surface area contributed by atoms with Crippen molar-refractivity contribution < 1.29 is 22.3 Å². The highest BCUT2D eigenvalue weighted by Crippen LogP contribution is 2.32. The number of rotatable bonds is 7. The Kier molecular flexibility index (Phi) is 5.07. The number of ether oxygens (including phenoxy) is 2. The van der Waals surface area contributed by atoms with Crippen LogP contribution in [0.2, 0.25) is 0 Å². The molecule has 1 aromatic carbocycles. The molecule has 0 amide bonds. The van der Waals surface area contributed by atoms with Crippen LogP contribution in [0.5, 0.6) is 5.75 Å². The molecular formula is C13H12ClNO5S. The Morgan fingerprint density at radius 3 is 2.71 bits per heavy atom. The molecule has 0 unspecified atom stereocenters. The van der Waals surface area contributed by atoms with Crippen LogP contribution in [0.3, 0.4) is 0 Å². The van der Waals surface area contributed by atoms with Crippen LogP contribution in [0.4, 0.5) is 0 Å². The predicted octanol–water partition coefficient (Wildman–Crippen LogP) is 2.27. The SMILES string of the molecule is N#Cc1oc2ccccc2c1OCCOCCS(=O)(=O)Cl. The number of furan rings is 1. The maximum absolute atomic E-state index is 10.7. The van der Waals surface area contributed by atoms with E-state index < -0.39 is 9.05 Å². The lowest BCUT2D eigenvalue weighted by Crippen LogP contribution is -2.12. The van der Waals surface area contributed by atoms with Crippen molar-refractivity contribution in [3.63, 3.8) is 0 Å². The van der Waals surface area contributed by atoms with Gasteiger partial charge in [0.1, 0.15) is 18.3 Å². The van der Waals surface area contributed by atoms with Gasteiger partial charge in [0.2, 0.25) is 14.8 Å². The maximum Gasteiger partial charge on any atom is 0.246 e. The number of nitriles is 1. The fourth-order valence-corrected chi connectivity index (χ4v) is 2.21. The molecule has 0 bridgehead atoms. The van der Waals surface area contributed by atoms with Crippen molar-refractivity contribution in [2.75, 3.05) is 25.6 Å². The third-order valence-electron chi connectivity index (χ3n) is 2.60. The van der Waals surface area contributed by atoms with Gasteiger partial charge in [-0.1, -0.05) is 12.1 Å². The third kappa shape index (κ3) is 4.36. The summed E-state index contributed by atoms with van der Waals surface area (Å²) in [5, 5.41) is 9.72. The van der Waals surface area contributed by atoms with Crippen LogP contribution in [0.1, 0.15) is 5.76 Å². The lowest BCUT2D eigenvalue weighted by molar-refractivity contribution is 0.111. The summed E-state index contributed by atoms with van der Waals surface area (Å²) >= 11 is 0. The molecule has 1 heterocycles. The number of benzene rings is 1. The summed E-state index contributed by atoms with van der Waals surface area (Å²) in [6, 6.07) is 9.07. The van der Waals surface area contributed by atoms with Gasteiger partial charge in [0.05, 0.1) is 24.4 Å². The van der Waals surface area contributed by atoms with E-state index in [4.69, 9.17) is 29.8 Å². The lowest BCUT2D eigenvalue weighted by Gasteiger charge is -2.05. The number of hydrogen-bond donors (Lipinski definition) is 0. The van der Waals surface area contributed by atoms with E-state index in [1.165, 1.54) is 0 Å². The van der Waals surface area contributed by atoms with Crippen LogP contribution in [-0.4, -0.2) is 34.0 Å². The molecule has 0 saturated carbocycles. The lowest BCUT2D eigenvalue weighted by atomic mass is 10.2. The first-order valence-corrected chi connectivity index (χ1v) is 8.53. The molecule has 21 heavy (non-hydrogen) atoms. The minimum atomic E-state index is -3.55. The first-order valence-electron chi connectivity index (χ1n) is 6.06. The van der Waals surface area contributed by atoms with E-state index in [9.17, 15) is 8.42 Å². The Hall–Kier alpha value is -1.75. The van der Waals surface area contributed by atoms with Crippen molar-refractivity contribution in [3.05, 3.63) is 30.0 Å². The molecule has 6 nitrogen and oxygen atoms in total. The van der Waals surface area contributed by atoms with Crippen LogP contribution in [0, 0.1) is 11.3 Å². The van der Waals surface area contributed by atoms with E-state index in [2.05, 4.69) is 0 Å². The molecule has 0 radical (unpaired) electrons. The minimum absolute atomic E-state index is 0.00750. The predicted molar refractivity (Wildman–Crippen MR) is 76.9 cm³/mol. The topological polar surface area (TPSA) is 89.5 Å². The Balaban J connectivity index is 1.90. The van der Waals surface area contributed by atoms with Crippen LogP contribution >= 0.6 is 10.7 Å². The number of para-hydroxylation sites is 1. The highest BCUT2D eigenvalue weighted by molar-refractivity contribution is 8.13. The van der Waals surface area contributed by atoms with E-state index in [1.807, 2.05) is 12.1 Å². The monoisotopic (exact) mass is 329 g/mol. The van der Waals surface area contributed by atoms with E-state index >= 15 is 0 Å². The quantitative estimate of drug-likeness (QED) is 0.571. The number of halogens is 1. The zero-order valence-corrected chi connectivity index (χ0v) is 12.5. The molecule has 112 valence electrons. The van der Waals surface area contributed by atoms with Gasteiger partial charge in [0, 0.05) is 10.7 Å². The van der Waals surface area contributed by atoms with Crippen molar-refractivity contribution in [3.8, 4) is 11.8 Å². The van der Waals surface area contributed by atoms with Crippen molar-refractivity contribution in [2.45, 2.75) is 0 Å². The minimum Gasteiger partial charge on any atom is -0.486 e. The standard InChI is InChI=1S/C13H12ClNO5S/c14-21(16,17)8-7-18-5-6-19-13-10-3-1-2-4-11(10)20-12(13)9-15/h1-4H,5-8H2. The van der Waals surface area contributed by atoms with Gasteiger partial charge in [-0.2, -0.15) is 5.26 Å². The second kappa shape index (κ2) is 6.80. The molecule has 2 rings (SSSR count). The van der Waals surface area contributed by atoms with Crippen LogP contribution < -0.4 is 4.74 Å². The number of hydrogen-bond acceptors (Lipinski definition) is 6. The maximum atomic E-state index is 10.7. The van der Waals surface area contributed by atoms with Crippen molar-refractivity contribution in [1.82, 2.24) is 0 Å². The van der Waals surface area contributed by atoms with Crippen LogP contribution in [0.15, 0.2) is 28.7 Å². The molecular weight excluding hydrogens is 318 g/mol. The van der Waals surface area contributed by atoms with Gasteiger partial charge >= 0.3 is 0 Å². The summed E-state index contributed by atoms with van der Waals surface area (Å²) in [5.41, 5.74) is 0.568. The summed E-state index contributed by atoms with van der Waals surface area (Å²) in [5.74, 6) is 0.202. The molecule has 0 aliphatic heterocycles. The molecule has 8 heteroatoms. The molecule has 1 aromatic heterocycles. The van der Waals surface area contributed by atoms with Gasteiger partial charge in [0.25, 0.3) is 0 Å². The summed E-state index contributed by atoms with van der Waals surface area (Å²) < 4.78 is 37.3. The van der Waals surface area contributed by atoms with Gasteiger partial charge in [0.15, 0.2) is 5.75 Å². The number of fused-ring (bicyclic) bond motifs is 1. The fourth-order valence-electron chi connectivity index (χ4n) is 1.70. The first-order chi connectivity index (χ1) is 10.0. The molecule has 0 fully saturated rings. The van der Waals surface area contributed by atoms with Crippen molar-refractivity contribution in [2.24, 2.45) is 0 Å². The zero-order chi connectivity index (χ0) is 15.3. The van der Waals surface area contributed by atoms with Gasteiger partial charge in [-0.3, -0.25) is 0 Å². The Bertz CT molecular complexity index is 762. The van der Waals surface area contributed by atoms with E-state index in [-0.39, 0.29) is 31.3 Å². The molecule has 0 saturated heterocycles. The average molecular weight is 330 g/mol. The third-order valence-corrected chi connectivity index (χ3v) is 3.71. The zero-order valence-electron chi connectivity index (χ0n) is 10.9. The average Bonchev–Trinajstić information content (AvgIpc) is 2.79. The van der Waals surface area contributed by atoms with Gasteiger partial charge in [-0.05, 0) is 12.1 Å². The molecule has 0 N–H and O–H groups in total. The Morgan fingerprint density at radius 1 is 1.24 bits per heavy atom. The highest BCUT2D eigenvalue weighted by atomic mass is 35.7. The van der Waals surface area contributed by atoms with Gasteiger partial charge in [-0.25, -0.2) is 8.42 Å². The highest BCUT2D eigenvalue weighted by Gasteiger charge is 2.14. The van der Waals surface area contributed by atoms with Crippen molar-refractivity contribution >= 4 is 30.7 Å². The van der Waals surface area contributed by atoms with Crippen LogP contribution in [-0.2, 0) is 13.8 Å². The Labute approximate surface area is 126 Å². The van der Waals surface area contributed by atoms with E-state index in [0.29, 0.717) is 16.7 Å². The smallest absolute Gasteiger partial charge is 0.246 e. The molecule has 2 aromatic rings. The van der Waals surface area contributed by atoms with Gasteiger partial charge < -0.3 is 13.9 Å². The molecule has 0 atom stereocenters. The first kappa shape index (κ1) is 15.6. The normalized spacial score (nSPS) is 11.4. The number of nitrogens with zero attached hydrogens (tertiary/aromatic N) is 1. The van der Waals surface area contributed by atoms with Crippen LogP contribution in [0.25, 0.3) is 11.0 Å². The summed E-state index contributed by atoms with van der Waals surface area (Å²) in [6.45, 7) is 0.337. The second-order valence-corrected chi connectivity index (χ2v) is 6.97. The fraction of sp³-hybridized carbons (Fsp3) is 0.308. The summed E-state index contributed by atoms with van der Waals surface area (Å²) in [7, 11) is 1.50. The van der Waals surface area contributed by atoms with Crippen molar-refractivity contribution in [1.29, 1.82) is 5.26 Å². The van der Waals surface area contributed by atoms with E-state index in [1.54, 1.807) is 18.2 Å². The molecule has 0 spiro atoms. The summed E-state index contributed by atoms with van der Waals surface area (Å²) in [4.78, 5) is 0. The molecule has 0 aliphatic carbocycles. The molecule has 0 aliphatic rings. The van der Waals surface area contributed by atoms with Gasteiger partial charge in [-0.15, -0.1) is 0 Å². The Morgan fingerprint density at radius 2 is 2.00 bits per heavy atom. The van der Waals surface area contributed by atoms with E-state index in [0.717, 1.165) is 0 Å². The largest absolute Gasteiger partial charge is 0.486 e. The second-order valence-electron chi connectivity index (χ2n) is 4.07.